The van der Waals surface area contributed by atoms with Crippen molar-refractivity contribution in [1.29, 1.82) is 0 Å². The third-order valence-corrected chi connectivity index (χ3v) is 2.37. The third kappa shape index (κ3) is 4.58. The van der Waals surface area contributed by atoms with Gasteiger partial charge in [0, 0.05) is 39.4 Å². The highest BCUT2D eigenvalue weighted by molar-refractivity contribution is 5.73. The van der Waals surface area contributed by atoms with Crippen LogP contribution in [0.1, 0.15) is 11.4 Å². The zero-order chi connectivity index (χ0) is 13.5. The van der Waals surface area contributed by atoms with Gasteiger partial charge in [-0.1, -0.05) is 0 Å². The smallest absolute Gasteiger partial charge is 0.316 e. The van der Waals surface area contributed by atoms with Gasteiger partial charge in [0.25, 0.3) is 0 Å². The van der Waals surface area contributed by atoms with Crippen molar-refractivity contribution in [3.05, 3.63) is 23.5 Å². The fourth-order valence-electron chi connectivity index (χ4n) is 1.36. The van der Waals surface area contributed by atoms with E-state index in [-0.39, 0.29) is 11.8 Å². The van der Waals surface area contributed by atoms with E-state index in [1.54, 1.807) is 26.2 Å². The van der Waals surface area contributed by atoms with Crippen LogP contribution in [-0.2, 0) is 6.54 Å². The summed E-state index contributed by atoms with van der Waals surface area (Å²) in [6.07, 6.45) is 0. The van der Waals surface area contributed by atoms with E-state index in [2.05, 4.69) is 15.6 Å². The second-order valence-electron chi connectivity index (χ2n) is 4.22. The zero-order valence-electron chi connectivity index (χ0n) is 11.0. The van der Waals surface area contributed by atoms with Crippen LogP contribution in [0, 0.1) is 6.92 Å². The first-order chi connectivity index (χ1) is 8.50. The van der Waals surface area contributed by atoms with E-state index in [1.807, 2.05) is 6.92 Å². The van der Waals surface area contributed by atoms with Crippen LogP contribution in [0.2, 0.25) is 0 Å². The molecule has 1 rings (SSSR count). The van der Waals surface area contributed by atoms with Crippen molar-refractivity contribution >= 4 is 6.03 Å². The highest BCUT2D eigenvalue weighted by atomic mass is 16.3. The van der Waals surface area contributed by atoms with Gasteiger partial charge in [-0.15, -0.1) is 0 Å². The zero-order valence-corrected chi connectivity index (χ0v) is 11.0. The van der Waals surface area contributed by atoms with Crippen LogP contribution in [0.4, 0.5) is 4.79 Å². The first-order valence-electron chi connectivity index (χ1n) is 5.82. The molecule has 0 saturated heterocycles. The molecule has 0 unspecified atom stereocenters. The number of pyridine rings is 1. The third-order valence-electron chi connectivity index (χ3n) is 2.37. The van der Waals surface area contributed by atoms with E-state index in [0.29, 0.717) is 25.3 Å². The predicted molar refractivity (Wildman–Crippen MR) is 69.4 cm³/mol. The number of carbonyl (C=O) groups is 1. The van der Waals surface area contributed by atoms with Gasteiger partial charge in [-0.25, -0.2) is 4.79 Å². The summed E-state index contributed by atoms with van der Waals surface area (Å²) in [5.74, 6) is 0.186. The van der Waals surface area contributed by atoms with Gasteiger partial charge in [-0.2, -0.15) is 0 Å². The summed E-state index contributed by atoms with van der Waals surface area (Å²) in [4.78, 5) is 16.9. The Morgan fingerprint density at radius 1 is 1.39 bits per heavy atom. The number of amides is 2. The van der Waals surface area contributed by atoms with E-state index in [0.717, 1.165) is 5.69 Å². The monoisotopic (exact) mass is 252 g/mol. The van der Waals surface area contributed by atoms with Gasteiger partial charge in [0.05, 0.1) is 5.69 Å². The molecule has 0 fully saturated rings. The largest absolute Gasteiger partial charge is 0.506 e. The molecule has 0 bridgehead atoms. The number of aryl methyl sites for hydroxylation is 1. The Hall–Kier alpha value is -1.82. The molecule has 2 amide bonds. The Morgan fingerprint density at radius 3 is 2.78 bits per heavy atom. The maximum absolute atomic E-state index is 11.2. The van der Waals surface area contributed by atoms with Crippen molar-refractivity contribution in [3.63, 3.8) is 0 Å². The van der Waals surface area contributed by atoms with Crippen LogP contribution < -0.4 is 10.6 Å². The Morgan fingerprint density at radius 2 is 2.11 bits per heavy atom. The fraction of sp³-hybridized carbons (Fsp3) is 0.500. The summed E-state index contributed by atoms with van der Waals surface area (Å²) in [5.41, 5.74) is 1.49. The molecule has 0 aliphatic carbocycles. The van der Waals surface area contributed by atoms with E-state index < -0.39 is 0 Å². The highest BCUT2D eigenvalue weighted by Crippen LogP contribution is 2.13. The van der Waals surface area contributed by atoms with E-state index >= 15 is 0 Å². The number of hydrogen-bond donors (Lipinski definition) is 3. The molecule has 0 aliphatic rings. The molecule has 0 radical (unpaired) electrons. The first-order valence-corrected chi connectivity index (χ1v) is 5.82. The maximum Gasteiger partial charge on any atom is 0.316 e. The summed E-state index contributed by atoms with van der Waals surface area (Å²) >= 11 is 0. The van der Waals surface area contributed by atoms with Crippen molar-refractivity contribution in [2.75, 3.05) is 27.2 Å². The normalized spacial score (nSPS) is 10.2. The van der Waals surface area contributed by atoms with Gasteiger partial charge in [-0.05, 0) is 19.1 Å². The Labute approximate surface area is 107 Å². The number of hydrogen-bond acceptors (Lipinski definition) is 4. The van der Waals surface area contributed by atoms with Gasteiger partial charge >= 0.3 is 6.03 Å². The molecule has 1 aromatic rings. The molecule has 18 heavy (non-hydrogen) atoms. The summed E-state index contributed by atoms with van der Waals surface area (Å²) in [6, 6.07) is 3.27. The fourth-order valence-corrected chi connectivity index (χ4v) is 1.36. The Bertz CT molecular complexity index is 407. The first kappa shape index (κ1) is 14.2. The Kier molecular flexibility index (Phi) is 5.38. The second-order valence-corrected chi connectivity index (χ2v) is 4.22. The number of nitrogens with one attached hydrogen (secondary N) is 2. The number of aromatic hydroxyl groups is 1. The molecule has 0 aromatic carbocycles. The van der Waals surface area contributed by atoms with Crippen LogP contribution in [0.5, 0.6) is 5.75 Å². The molecule has 6 nitrogen and oxygen atoms in total. The van der Waals surface area contributed by atoms with E-state index in [9.17, 15) is 9.90 Å². The number of carbonyl (C=O) groups excluding carboxylic acids is 1. The lowest BCUT2D eigenvalue weighted by Crippen LogP contribution is -2.38. The maximum atomic E-state index is 11.2. The lowest BCUT2D eigenvalue weighted by molar-refractivity contribution is 0.217. The minimum absolute atomic E-state index is 0.117. The molecule has 0 spiro atoms. The molecule has 0 atom stereocenters. The summed E-state index contributed by atoms with van der Waals surface area (Å²) in [7, 11) is 3.38. The highest BCUT2D eigenvalue weighted by Gasteiger charge is 2.03. The summed E-state index contributed by atoms with van der Waals surface area (Å²) in [6.45, 7) is 3.50. The van der Waals surface area contributed by atoms with E-state index in [1.165, 1.54) is 4.90 Å². The van der Waals surface area contributed by atoms with Crippen LogP contribution in [0.3, 0.4) is 0 Å². The van der Waals surface area contributed by atoms with Gasteiger partial charge in [-0.3, -0.25) is 4.98 Å². The topological polar surface area (TPSA) is 77.5 Å². The molecule has 3 N–H and O–H groups in total. The number of rotatable bonds is 5. The quantitative estimate of drug-likeness (QED) is 0.665. The molecule has 0 aliphatic heterocycles. The lowest BCUT2D eigenvalue weighted by Gasteiger charge is -2.12. The average molecular weight is 252 g/mol. The molecular formula is C12H20N4O2. The van der Waals surface area contributed by atoms with Gasteiger partial charge in [0.15, 0.2) is 0 Å². The SMILES string of the molecule is Cc1ccc(O)c(CNCCNC(=O)N(C)C)n1. The molecule has 1 aromatic heterocycles. The van der Waals surface area contributed by atoms with Crippen molar-refractivity contribution in [3.8, 4) is 5.75 Å². The molecule has 6 heteroatoms. The van der Waals surface area contributed by atoms with Gasteiger partial charge in [0.1, 0.15) is 5.75 Å². The van der Waals surface area contributed by atoms with Gasteiger partial charge in [0.2, 0.25) is 0 Å². The van der Waals surface area contributed by atoms with Crippen LogP contribution in [0.25, 0.3) is 0 Å². The number of urea groups is 1. The Balaban J connectivity index is 2.26. The molecule has 100 valence electrons. The average Bonchev–Trinajstić information content (AvgIpc) is 2.32. The standard InChI is InChI=1S/C12H20N4O2/c1-9-4-5-11(17)10(15-9)8-13-6-7-14-12(18)16(2)3/h4-5,13,17H,6-8H2,1-3H3,(H,14,18). The van der Waals surface area contributed by atoms with Crippen LogP contribution in [-0.4, -0.2) is 48.2 Å². The van der Waals surface area contributed by atoms with Crippen molar-refractivity contribution in [2.24, 2.45) is 0 Å². The number of aromatic nitrogens is 1. The summed E-state index contributed by atoms with van der Waals surface area (Å²) in [5, 5.41) is 15.4. The minimum Gasteiger partial charge on any atom is -0.506 e. The van der Waals surface area contributed by atoms with Crippen LogP contribution in [0.15, 0.2) is 12.1 Å². The second kappa shape index (κ2) is 6.80. The van der Waals surface area contributed by atoms with Crippen molar-refractivity contribution in [1.82, 2.24) is 20.5 Å². The molecule has 0 saturated carbocycles. The lowest BCUT2D eigenvalue weighted by atomic mass is 10.3. The minimum atomic E-state index is -0.117. The van der Waals surface area contributed by atoms with E-state index in [4.69, 9.17) is 0 Å². The number of nitrogens with zero attached hydrogens (tertiary/aromatic N) is 2. The van der Waals surface area contributed by atoms with Crippen molar-refractivity contribution < 1.29 is 9.90 Å². The molecular weight excluding hydrogens is 232 g/mol. The summed E-state index contributed by atoms with van der Waals surface area (Å²) < 4.78 is 0. The van der Waals surface area contributed by atoms with Crippen LogP contribution >= 0.6 is 0 Å². The predicted octanol–water partition coefficient (Wildman–Crippen LogP) is 0.456. The van der Waals surface area contributed by atoms with Crippen molar-refractivity contribution in [2.45, 2.75) is 13.5 Å². The van der Waals surface area contributed by atoms with Gasteiger partial charge < -0.3 is 20.6 Å². The molecule has 1 heterocycles.